The molecular formula is C26H34N6O3. The largest absolute Gasteiger partial charge is 0.493 e. The number of nitroso groups, excluding NO2 is 1. The van der Waals surface area contributed by atoms with Gasteiger partial charge in [0.05, 0.1) is 35.9 Å². The molecule has 9 nitrogen and oxygen atoms in total. The maximum Gasteiger partial charge on any atom is 0.232 e. The van der Waals surface area contributed by atoms with E-state index in [1.807, 2.05) is 42.6 Å². The molecule has 1 fully saturated rings. The van der Waals surface area contributed by atoms with Crippen LogP contribution in [0.5, 0.6) is 5.75 Å². The molecule has 35 heavy (non-hydrogen) atoms. The van der Waals surface area contributed by atoms with E-state index >= 15 is 0 Å². The number of aliphatic imine (C=N–C) groups is 1. The summed E-state index contributed by atoms with van der Waals surface area (Å²) in [4.78, 5) is 33.6. The van der Waals surface area contributed by atoms with Crippen molar-refractivity contribution in [3.8, 4) is 5.75 Å². The average Bonchev–Trinajstić information content (AvgIpc) is 3.72. The minimum absolute atomic E-state index is 0.00227. The number of nitrogens with zero attached hydrogens (tertiary/aromatic N) is 4. The molecule has 0 spiro atoms. The van der Waals surface area contributed by atoms with Crippen LogP contribution in [0.25, 0.3) is 0 Å². The summed E-state index contributed by atoms with van der Waals surface area (Å²) >= 11 is 0. The first-order valence-electron chi connectivity index (χ1n) is 12.4. The fourth-order valence-electron chi connectivity index (χ4n) is 4.92. The molecule has 1 aliphatic carbocycles. The first-order valence-corrected chi connectivity index (χ1v) is 12.4. The second kappa shape index (κ2) is 10.8. The number of carbonyl (C=O) groups excluding carboxylic acids is 1. The van der Waals surface area contributed by atoms with Crippen molar-refractivity contribution in [2.24, 2.45) is 21.9 Å². The minimum Gasteiger partial charge on any atom is -0.493 e. The van der Waals surface area contributed by atoms with Crippen molar-refractivity contribution in [1.82, 2.24) is 15.3 Å². The Bertz CT molecular complexity index is 1050. The molecule has 186 valence electrons. The van der Waals surface area contributed by atoms with E-state index in [4.69, 9.17) is 15.5 Å². The lowest BCUT2D eigenvalue weighted by Gasteiger charge is -2.40. The van der Waals surface area contributed by atoms with Crippen molar-refractivity contribution in [2.75, 3.05) is 6.61 Å². The van der Waals surface area contributed by atoms with E-state index in [0.717, 1.165) is 49.0 Å². The second-order valence-electron chi connectivity index (χ2n) is 9.36. The molecule has 2 aliphatic heterocycles. The number of nitrogens with one attached hydrogen (secondary N) is 1. The Kier molecular flexibility index (Phi) is 7.63. The molecule has 9 heteroatoms. The molecule has 5 rings (SSSR count). The first kappa shape index (κ1) is 24.6. The molecule has 3 aliphatic rings. The van der Waals surface area contributed by atoms with Gasteiger partial charge in [0.1, 0.15) is 5.75 Å². The van der Waals surface area contributed by atoms with Gasteiger partial charge in [-0.25, -0.2) is 4.99 Å². The number of ether oxygens (including phenoxy) is 1. The van der Waals surface area contributed by atoms with Crippen molar-refractivity contribution in [3.05, 3.63) is 64.8 Å². The van der Waals surface area contributed by atoms with Crippen LogP contribution in [0.2, 0.25) is 0 Å². The fraction of sp³-hybridized carbons (Fsp3) is 0.500. The number of guanidine groups is 1. The minimum atomic E-state index is -0.319. The monoisotopic (exact) mass is 478 g/mol. The van der Waals surface area contributed by atoms with Crippen molar-refractivity contribution in [1.29, 1.82) is 0 Å². The standard InChI is InChI=1S/C17H24N4O.C9H10N2O2/c1-3-17(4-2)10-14(22)21(16(18)20-17)15(12-7-8-12)13-6-5-9-19-11-13;12-11-10-8-5-6-13-9-4-2-1-3-7(8)9/h5-6,9,11-12,15H,3-4,7-8,10H2,1-2H3,(H2,18,20);1-4,8H,5-6H2,(H,10,12)/t;8-/m.0/s1. The highest BCUT2D eigenvalue weighted by molar-refractivity contribution is 5.99. The van der Waals surface area contributed by atoms with Crippen LogP contribution < -0.4 is 15.9 Å². The average molecular weight is 479 g/mol. The van der Waals surface area contributed by atoms with Gasteiger partial charge >= 0.3 is 0 Å². The molecule has 1 aromatic carbocycles. The summed E-state index contributed by atoms with van der Waals surface area (Å²) < 4.78 is 5.42. The molecule has 0 radical (unpaired) electrons. The SMILES string of the molecule is CCC1(CC)CC(=O)N(C(c2cccnc2)C2CC2)C(N)=N1.O=NN[C@H]1CCOc2ccccc21. The molecule has 1 saturated carbocycles. The number of para-hydroxylation sites is 1. The van der Waals surface area contributed by atoms with Gasteiger partial charge in [0.15, 0.2) is 5.96 Å². The molecule has 2 atom stereocenters. The number of rotatable bonds is 7. The number of carbonyl (C=O) groups is 1. The van der Waals surface area contributed by atoms with Crippen LogP contribution in [0.1, 0.15) is 75.6 Å². The fourth-order valence-corrected chi connectivity index (χ4v) is 4.92. The Balaban J connectivity index is 0.000000189. The normalized spacial score (nSPS) is 21.4. The Hall–Kier alpha value is -3.49. The van der Waals surface area contributed by atoms with E-state index in [9.17, 15) is 9.70 Å². The van der Waals surface area contributed by atoms with E-state index < -0.39 is 0 Å². The van der Waals surface area contributed by atoms with Gasteiger partial charge in [-0.15, -0.1) is 4.91 Å². The van der Waals surface area contributed by atoms with Crippen LogP contribution in [0.15, 0.2) is 59.1 Å². The second-order valence-corrected chi connectivity index (χ2v) is 9.36. The van der Waals surface area contributed by atoms with E-state index in [1.165, 1.54) is 0 Å². The molecule has 3 heterocycles. The van der Waals surface area contributed by atoms with Gasteiger partial charge in [0.2, 0.25) is 5.91 Å². The Morgan fingerprint density at radius 2 is 1.97 bits per heavy atom. The van der Waals surface area contributed by atoms with Crippen molar-refractivity contribution < 1.29 is 9.53 Å². The molecule has 0 bridgehead atoms. The number of fused-ring (bicyclic) bond motifs is 1. The van der Waals surface area contributed by atoms with Crippen LogP contribution in [-0.4, -0.2) is 33.9 Å². The summed E-state index contributed by atoms with van der Waals surface area (Å²) in [6.07, 6.45) is 8.75. The van der Waals surface area contributed by atoms with Crippen LogP contribution in [0.3, 0.4) is 0 Å². The Morgan fingerprint density at radius 3 is 2.60 bits per heavy atom. The molecule has 1 amide bonds. The third-order valence-corrected chi connectivity index (χ3v) is 7.20. The zero-order valence-corrected chi connectivity index (χ0v) is 20.4. The number of nitrogens with two attached hydrogens (primary N) is 1. The molecule has 1 aromatic heterocycles. The summed E-state index contributed by atoms with van der Waals surface area (Å²) in [5.41, 5.74) is 10.5. The number of aromatic nitrogens is 1. The first-order chi connectivity index (χ1) is 17.0. The quantitative estimate of drug-likeness (QED) is 0.449. The number of hydrogen-bond acceptors (Lipinski definition) is 7. The summed E-state index contributed by atoms with van der Waals surface area (Å²) in [5, 5.41) is 2.70. The van der Waals surface area contributed by atoms with Gasteiger partial charge < -0.3 is 10.5 Å². The predicted molar refractivity (Wildman–Crippen MR) is 134 cm³/mol. The smallest absolute Gasteiger partial charge is 0.232 e. The van der Waals surface area contributed by atoms with E-state index in [2.05, 4.69) is 29.5 Å². The molecule has 2 aromatic rings. The van der Waals surface area contributed by atoms with Gasteiger partial charge in [0, 0.05) is 24.4 Å². The highest BCUT2D eigenvalue weighted by Gasteiger charge is 2.45. The molecule has 0 saturated heterocycles. The van der Waals surface area contributed by atoms with E-state index in [0.29, 0.717) is 24.9 Å². The highest BCUT2D eigenvalue weighted by atomic mass is 16.5. The third kappa shape index (κ3) is 5.44. The third-order valence-electron chi connectivity index (χ3n) is 7.20. The summed E-state index contributed by atoms with van der Waals surface area (Å²) in [5.74, 6) is 1.78. The Morgan fingerprint density at radius 1 is 1.20 bits per heavy atom. The number of hydrogen-bond donors (Lipinski definition) is 2. The van der Waals surface area contributed by atoms with Gasteiger partial charge in [-0.1, -0.05) is 38.1 Å². The summed E-state index contributed by atoms with van der Waals surface area (Å²) in [7, 11) is 0. The van der Waals surface area contributed by atoms with Gasteiger partial charge in [-0.2, -0.15) is 0 Å². The predicted octanol–water partition coefficient (Wildman–Crippen LogP) is 4.42. The van der Waals surface area contributed by atoms with Crippen molar-refractivity contribution in [3.63, 3.8) is 0 Å². The lowest BCUT2D eigenvalue weighted by Crippen LogP contribution is -2.53. The van der Waals surface area contributed by atoms with Gasteiger partial charge in [-0.05, 0) is 49.3 Å². The zero-order valence-electron chi connectivity index (χ0n) is 20.4. The zero-order chi connectivity index (χ0) is 24.8. The maximum atomic E-state index is 12.8. The van der Waals surface area contributed by atoms with Crippen molar-refractivity contribution in [2.45, 2.75) is 70.0 Å². The summed E-state index contributed by atoms with van der Waals surface area (Å²) in [6, 6.07) is 11.6. The lowest BCUT2D eigenvalue weighted by molar-refractivity contribution is -0.132. The number of amides is 1. The van der Waals surface area contributed by atoms with Crippen LogP contribution in [-0.2, 0) is 4.79 Å². The number of pyridine rings is 1. The van der Waals surface area contributed by atoms with E-state index in [-0.39, 0.29) is 23.5 Å². The van der Waals surface area contributed by atoms with Gasteiger partial charge in [0.25, 0.3) is 0 Å². The molecular weight excluding hydrogens is 444 g/mol. The van der Waals surface area contributed by atoms with Crippen molar-refractivity contribution >= 4 is 11.9 Å². The lowest BCUT2D eigenvalue weighted by atomic mass is 9.87. The molecule has 1 unspecified atom stereocenters. The Labute approximate surface area is 206 Å². The van der Waals surface area contributed by atoms with Gasteiger partial charge in [-0.3, -0.25) is 20.1 Å². The van der Waals surface area contributed by atoms with Crippen LogP contribution in [0.4, 0.5) is 0 Å². The summed E-state index contributed by atoms with van der Waals surface area (Å²) in [6.45, 7) is 4.77. The highest BCUT2D eigenvalue weighted by Crippen LogP contribution is 2.46. The molecule has 3 N–H and O–H groups in total. The maximum absolute atomic E-state index is 12.8. The van der Waals surface area contributed by atoms with E-state index in [1.54, 1.807) is 11.1 Å². The topological polar surface area (TPSA) is 122 Å². The number of benzene rings is 1. The van der Waals surface area contributed by atoms with Crippen LogP contribution >= 0.6 is 0 Å². The van der Waals surface area contributed by atoms with Crippen LogP contribution in [0, 0.1) is 10.8 Å².